The number of ketones is 2. The first-order chi connectivity index (χ1) is 11.8. The van der Waals surface area contributed by atoms with Crippen LogP contribution in [0.2, 0.25) is 0 Å². The number of hydrogen-bond donors (Lipinski definition) is 0. The molecule has 0 aliphatic carbocycles. The third kappa shape index (κ3) is 6.66. The Morgan fingerprint density at radius 3 is 1.38 bits per heavy atom. The number of carbonyl (C=O) groups is 2. The van der Waals surface area contributed by atoms with Crippen LogP contribution in [-0.4, -0.2) is 24.8 Å². The standard InChI is InChI=1S/C16H28O8P2/c1-15(2)9-7-13(17)5-6-14(18)8-10-16(3,4)12-22-26(20)23-25(19,24-26)21-11-15/h5-12H2,1-4H3. The summed E-state index contributed by atoms with van der Waals surface area (Å²) in [6.07, 6.45) is 2.08. The zero-order valence-corrected chi connectivity index (χ0v) is 17.6. The van der Waals surface area contributed by atoms with Crippen LogP contribution in [0.4, 0.5) is 0 Å². The van der Waals surface area contributed by atoms with E-state index in [-0.39, 0.29) is 37.6 Å². The second-order valence-electron chi connectivity index (χ2n) is 8.51. The van der Waals surface area contributed by atoms with Gasteiger partial charge in [-0.3, -0.25) is 18.6 Å². The van der Waals surface area contributed by atoms with Crippen molar-refractivity contribution in [3.05, 3.63) is 0 Å². The molecule has 3 aliphatic heterocycles. The summed E-state index contributed by atoms with van der Waals surface area (Å²) in [5.74, 6) is 0.0382. The fraction of sp³-hybridized carbons (Fsp3) is 0.875. The molecule has 3 saturated heterocycles. The van der Waals surface area contributed by atoms with E-state index < -0.39 is 26.5 Å². The van der Waals surface area contributed by atoms with Crippen LogP contribution >= 0.6 is 15.6 Å². The lowest BCUT2D eigenvalue weighted by molar-refractivity contribution is -0.124. The van der Waals surface area contributed by atoms with E-state index in [1.807, 2.05) is 27.7 Å². The van der Waals surface area contributed by atoms with E-state index in [0.29, 0.717) is 25.7 Å². The first-order valence-electron chi connectivity index (χ1n) is 8.77. The Kier molecular flexibility index (Phi) is 6.70. The van der Waals surface area contributed by atoms with Gasteiger partial charge in [-0.25, -0.2) is 9.13 Å². The van der Waals surface area contributed by atoms with Crippen molar-refractivity contribution >= 4 is 27.2 Å². The summed E-state index contributed by atoms with van der Waals surface area (Å²) >= 11 is 0. The van der Waals surface area contributed by atoms with Gasteiger partial charge in [-0.2, -0.15) is 8.62 Å². The summed E-state index contributed by atoms with van der Waals surface area (Å²) < 4.78 is 44.6. The maximum absolute atomic E-state index is 12.2. The van der Waals surface area contributed by atoms with Crippen molar-refractivity contribution in [2.75, 3.05) is 13.2 Å². The number of phosphoric acid groups is 2. The molecule has 2 bridgehead atoms. The molecule has 0 atom stereocenters. The molecule has 3 rings (SSSR count). The monoisotopic (exact) mass is 410 g/mol. The predicted molar refractivity (Wildman–Crippen MR) is 94.6 cm³/mol. The topological polar surface area (TPSA) is 105 Å². The van der Waals surface area contributed by atoms with E-state index >= 15 is 0 Å². The van der Waals surface area contributed by atoms with E-state index in [1.165, 1.54) is 0 Å². The quantitative estimate of drug-likeness (QED) is 0.523. The molecule has 0 radical (unpaired) electrons. The molecule has 0 amide bonds. The summed E-state index contributed by atoms with van der Waals surface area (Å²) in [4.78, 5) is 24.0. The van der Waals surface area contributed by atoms with Gasteiger partial charge >= 0.3 is 15.6 Å². The Balaban J connectivity index is 2.06. The SMILES string of the molecule is CC1(C)CCC(=O)CCC(=O)CCC(C)(C)COP2(=O)OP(=O)(OC1)O2. The Labute approximate surface area is 154 Å². The summed E-state index contributed by atoms with van der Waals surface area (Å²) in [5.41, 5.74) is -0.916. The third-order valence-electron chi connectivity index (χ3n) is 4.47. The van der Waals surface area contributed by atoms with Crippen LogP contribution in [0.1, 0.15) is 66.2 Å². The molecule has 10 heteroatoms. The summed E-state index contributed by atoms with van der Waals surface area (Å²) in [5, 5.41) is 0. The highest BCUT2D eigenvalue weighted by Gasteiger charge is 2.57. The van der Waals surface area contributed by atoms with Gasteiger partial charge in [0.15, 0.2) is 0 Å². The lowest BCUT2D eigenvalue weighted by Crippen LogP contribution is -2.24. The molecule has 0 unspecified atom stereocenters. The van der Waals surface area contributed by atoms with Crippen LogP contribution in [0.15, 0.2) is 0 Å². The molecular weight excluding hydrogens is 382 g/mol. The minimum absolute atomic E-state index is 0.0159. The maximum Gasteiger partial charge on any atom is 0.492 e. The molecule has 26 heavy (non-hydrogen) atoms. The Bertz CT molecular complexity index is 587. The molecule has 3 aliphatic rings. The van der Waals surface area contributed by atoms with Crippen molar-refractivity contribution in [1.29, 1.82) is 0 Å². The molecular formula is C16H28O8P2. The first kappa shape index (κ1) is 21.9. The highest BCUT2D eigenvalue weighted by atomic mass is 31.3. The Morgan fingerprint density at radius 2 is 1.04 bits per heavy atom. The van der Waals surface area contributed by atoms with Crippen LogP contribution in [0.25, 0.3) is 0 Å². The second-order valence-corrected chi connectivity index (χ2v) is 12.1. The zero-order chi connectivity index (χ0) is 19.6. The lowest BCUT2D eigenvalue weighted by atomic mass is 9.86. The summed E-state index contributed by atoms with van der Waals surface area (Å²) in [7, 11) is -7.77. The van der Waals surface area contributed by atoms with E-state index in [2.05, 4.69) is 0 Å². The number of hydrogen-bond acceptors (Lipinski definition) is 8. The molecule has 0 aromatic rings. The Morgan fingerprint density at radius 1 is 0.692 bits per heavy atom. The van der Waals surface area contributed by atoms with Crippen LogP contribution in [0.5, 0.6) is 0 Å². The summed E-state index contributed by atoms with van der Waals surface area (Å²) in [6, 6.07) is 0. The minimum atomic E-state index is -3.89. The molecule has 0 N–H and O–H groups in total. The second kappa shape index (κ2) is 7.94. The maximum atomic E-state index is 12.2. The van der Waals surface area contributed by atoms with E-state index in [1.54, 1.807) is 0 Å². The predicted octanol–water partition coefficient (Wildman–Crippen LogP) is 4.83. The van der Waals surface area contributed by atoms with Crippen molar-refractivity contribution < 1.29 is 36.4 Å². The van der Waals surface area contributed by atoms with Crippen LogP contribution < -0.4 is 0 Å². The molecule has 0 spiro atoms. The molecule has 150 valence electrons. The number of Topliss-reactive ketones (excluding diaryl/α,β-unsaturated/α-hetero) is 2. The average Bonchev–Trinajstić information content (AvgIpc) is 2.51. The van der Waals surface area contributed by atoms with Crippen LogP contribution in [0, 0.1) is 10.8 Å². The van der Waals surface area contributed by atoms with Gasteiger partial charge in [-0.1, -0.05) is 27.7 Å². The normalized spacial score (nSPS) is 36.8. The molecule has 0 saturated carbocycles. The zero-order valence-electron chi connectivity index (χ0n) is 15.8. The first-order valence-corrected chi connectivity index (χ1v) is 11.7. The number of fused-ring (bicyclic) bond motifs is 13. The molecule has 0 aromatic heterocycles. The van der Waals surface area contributed by atoms with E-state index in [4.69, 9.17) is 17.7 Å². The van der Waals surface area contributed by atoms with Crippen LogP contribution in [0.3, 0.4) is 0 Å². The van der Waals surface area contributed by atoms with Crippen molar-refractivity contribution in [3.63, 3.8) is 0 Å². The molecule has 3 heterocycles. The highest BCUT2D eigenvalue weighted by Crippen LogP contribution is 2.83. The molecule has 3 fully saturated rings. The van der Waals surface area contributed by atoms with Gasteiger partial charge in [0.1, 0.15) is 11.6 Å². The smallest absolute Gasteiger partial charge is 0.300 e. The van der Waals surface area contributed by atoms with E-state index in [9.17, 15) is 18.7 Å². The fourth-order valence-corrected chi connectivity index (χ4v) is 6.26. The minimum Gasteiger partial charge on any atom is -0.300 e. The van der Waals surface area contributed by atoms with Gasteiger partial charge in [0.05, 0.1) is 13.2 Å². The number of carbonyl (C=O) groups excluding carboxylic acids is 2. The van der Waals surface area contributed by atoms with Crippen molar-refractivity contribution in [2.24, 2.45) is 10.8 Å². The highest BCUT2D eigenvalue weighted by molar-refractivity contribution is 7.75. The van der Waals surface area contributed by atoms with Crippen molar-refractivity contribution in [2.45, 2.75) is 66.2 Å². The van der Waals surface area contributed by atoms with Gasteiger partial charge < -0.3 is 0 Å². The van der Waals surface area contributed by atoms with Crippen molar-refractivity contribution in [1.82, 2.24) is 0 Å². The fourth-order valence-electron chi connectivity index (χ4n) is 2.48. The van der Waals surface area contributed by atoms with Crippen LogP contribution in [-0.2, 0) is 36.4 Å². The third-order valence-corrected chi connectivity index (χ3v) is 8.56. The summed E-state index contributed by atoms with van der Waals surface area (Å²) in [6.45, 7) is 7.44. The van der Waals surface area contributed by atoms with Gasteiger partial charge in [0, 0.05) is 25.7 Å². The average molecular weight is 410 g/mol. The lowest BCUT2D eigenvalue weighted by Gasteiger charge is -2.35. The van der Waals surface area contributed by atoms with E-state index in [0.717, 1.165) is 0 Å². The van der Waals surface area contributed by atoms with Gasteiger partial charge in [0.2, 0.25) is 0 Å². The molecule has 0 aromatic carbocycles. The largest absolute Gasteiger partial charge is 0.492 e. The van der Waals surface area contributed by atoms with Gasteiger partial charge in [-0.05, 0) is 23.7 Å². The van der Waals surface area contributed by atoms with Gasteiger partial charge in [-0.15, -0.1) is 0 Å². The molecule has 8 nitrogen and oxygen atoms in total. The van der Waals surface area contributed by atoms with Crippen molar-refractivity contribution in [3.8, 4) is 0 Å². The number of rotatable bonds is 0. The van der Waals surface area contributed by atoms with Gasteiger partial charge in [0.25, 0.3) is 0 Å². The Hall–Kier alpha value is -0.360.